The Morgan fingerprint density at radius 1 is 1.18 bits per heavy atom. The Bertz CT molecular complexity index is 686. The molecule has 1 saturated carbocycles. The zero-order chi connectivity index (χ0) is 15.5. The molecule has 0 unspecified atom stereocenters. The van der Waals surface area contributed by atoms with Gasteiger partial charge >= 0.3 is 5.97 Å². The molecule has 1 aromatic carbocycles. The molecule has 1 amide bonds. The van der Waals surface area contributed by atoms with Crippen molar-refractivity contribution in [1.82, 2.24) is 9.97 Å². The van der Waals surface area contributed by atoms with Crippen molar-refractivity contribution in [3.05, 3.63) is 42.9 Å². The fourth-order valence-electron chi connectivity index (χ4n) is 2.30. The molecular weight excluding hydrogens is 282 g/mol. The highest BCUT2D eigenvalue weighted by atomic mass is 16.5. The molecule has 2 aromatic rings. The van der Waals surface area contributed by atoms with Gasteiger partial charge in [0.1, 0.15) is 0 Å². The van der Waals surface area contributed by atoms with Crippen LogP contribution in [0.3, 0.4) is 0 Å². The van der Waals surface area contributed by atoms with Gasteiger partial charge in [0.25, 0.3) is 0 Å². The monoisotopic (exact) mass is 297 g/mol. The summed E-state index contributed by atoms with van der Waals surface area (Å²) in [7, 11) is 1.33. The molecule has 1 N–H and O–H groups in total. The number of hydrogen-bond donors (Lipinski definition) is 1. The van der Waals surface area contributed by atoms with Crippen LogP contribution in [0.2, 0.25) is 0 Å². The van der Waals surface area contributed by atoms with Crippen LogP contribution in [0.5, 0.6) is 0 Å². The van der Waals surface area contributed by atoms with E-state index in [9.17, 15) is 9.59 Å². The van der Waals surface area contributed by atoms with Crippen molar-refractivity contribution in [3.63, 3.8) is 0 Å². The number of rotatable bonds is 4. The van der Waals surface area contributed by atoms with E-state index in [1.165, 1.54) is 7.11 Å². The van der Waals surface area contributed by atoms with Gasteiger partial charge in [0.05, 0.1) is 30.8 Å². The summed E-state index contributed by atoms with van der Waals surface area (Å²) in [6, 6.07) is 7.34. The third-order valence-corrected chi connectivity index (χ3v) is 3.64. The Hall–Kier alpha value is -2.76. The number of benzene rings is 1. The third kappa shape index (κ3) is 2.95. The SMILES string of the molecule is COC(=O)[C@@H]1C[C@H]1C(=O)Nc1ccc(-c2cnccn2)cc1. The predicted molar refractivity (Wildman–Crippen MR) is 79.7 cm³/mol. The highest BCUT2D eigenvalue weighted by Gasteiger charge is 2.48. The van der Waals surface area contributed by atoms with Crippen molar-refractivity contribution in [3.8, 4) is 11.3 Å². The Morgan fingerprint density at radius 3 is 2.59 bits per heavy atom. The van der Waals surface area contributed by atoms with Gasteiger partial charge < -0.3 is 10.1 Å². The van der Waals surface area contributed by atoms with Crippen LogP contribution in [-0.4, -0.2) is 29.0 Å². The number of esters is 1. The zero-order valence-electron chi connectivity index (χ0n) is 12.0. The summed E-state index contributed by atoms with van der Waals surface area (Å²) in [6.45, 7) is 0. The molecule has 1 aliphatic carbocycles. The molecule has 112 valence electrons. The lowest BCUT2D eigenvalue weighted by molar-refractivity contribution is -0.143. The number of carbonyl (C=O) groups is 2. The second-order valence-electron chi connectivity index (χ2n) is 5.13. The lowest BCUT2D eigenvalue weighted by atomic mass is 10.1. The summed E-state index contributed by atoms with van der Waals surface area (Å²) >= 11 is 0. The van der Waals surface area contributed by atoms with E-state index in [4.69, 9.17) is 0 Å². The Kier molecular flexibility index (Phi) is 3.82. The molecule has 0 radical (unpaired) electrons. The van der Waals surface area contributed by atoms with Crippen molar-refractivity contribution >= 4 is 17.6 Å². The normalized spacial score (nSPS) is 19.3. The van der Waals surface area contributed by atoms with Gasteiger partial charge in [0, 0.05) is 23.6 Å². The standard InChI is InChI=1S/C16H15N3O3/c1-22-16(21)13-8-12(13)15(20)19-11-4-2-10(3-5-11)14-9-17-6-7-18-14/h2-7,9,12-13H,8H2,1H3,(H,19,20)/t12-,13-/m1/s1. The fourth-order valence-corrected chi connectivity index (χ4v) is 2.30. The molecule has 1 aliphatic rings. The first-order valence-electron chi connectivity index (χ1n) is 6.94. The first-order chi connectivity index (χ1) is 10.7. The smallest absolute Gasteiger partial charge is 0.309 e. The highest BCUT2D eigenvalue weighted by molar-refractivity contribution is 5.98. The third-order valence-electron chi connectivity index (χ3n) is 3.64. The van der Waals surface area contributed by atoms with Gasteiger partial charge in [-0.05, 0) is 18.6 Å². The number of ether oxygens (including phenoxy) is 1. The van der Waals surface area contributed by atoms with Gasteiger partial charge in [-0.15, -0.1) is 0 Å². The highest BCUT2D eigenvalue weighted by Crippen LogP contribution is 2.40. The number of methoxy groups -OCH3 is 1. The van der Waals surface area contributed by atoms with Crippen LogP contribution in [0, 0.1) is 11.8 Å². The molecule has 0 saturated heterocycles. The van der Waals surface area contributed by atoms with Gasteiger partial charge in [-0.2, -0.15) is 0 Å². The van der Waals surface area contributed by atoms with E-state index >= 15 is 0 Å². The van der Waals surface area contributed by atoms with Crippen LogP contribution >= 0.6 is 0 Å². The molecule has 6 heteroatoms. The van der Waals surface area contributed by atoms with E-state index in [0.29, 0.717) is 12.1 Å². The maximum atomic E-state index is 12.0. The van der Waals surface area contributed by atoms with E-state index in [1.54, 1.807) is 30.7 Å². The van der Waals surface area contributed by atoms with Gasteiger partial charge in [-0.25, -0.2) is 0 Å². The molecule has 0 aliphatic heterocycles. The number of nitrogens with zero attached hydrogens (tertiary/aromatic N) is 2. The van der Waals surface area contributed by atoms with Crippen LogP contribution in [0.15, 0.2) is 42.9 Å². The zero-order valence-corrected chi connectivity index (χ0v) is 12.0. The van der Waals surface area contributed by atoms with Crippen LogP contribution in [-0.2, 0) is 14.3 Å². The molecule has 3 rings (SSSR count). The van der Waals surface area contributed by atoms with Crippen molar-refractivity contribution in [1.29, 1.82) is 0 Å². The number of aromatic nitrogens is 2. The minimum atomic E-state index is -0.321. The van der Waals surface area contributed by atoms with Crippen molar-refractivity contribution in [2.24, 2.45) is 11.8 Å². The second-order valence-corrected chi connectivity index (χ2v) is 5.13. The minimum Gasteiger partial charge on any atom is -0.469 e. The largest absolute Gasteiger partial charge is 0.469 e. The Labute approximate surface area is 127 Å². The molecule has 6 nitrogen and oxygen atoms in total. The van der Waals surface area contributed by atoms with Crippen LogP contribution in [0.4, 0.5) is 5.69 Å². The van der Waals surface area contributed by atoms with E-state index in [1.807, 2.05) is 12.1 Å². The average molecular weight is 297 g/mol. The van der Waals surface area contributed by atoms with Gasteiger partial charge in [-0.3, -0.25) is 19.6 Å². The predicted octanol–water partition coefficient (Wildman–Crippen LogP) is 1.89. The molecule has 0 bridgehead atoms. The van der Waals surface area contributed by atoms with Crippen LogP contribution in [0.25, 0.3) is 11.3 Å². The second kappa shape index (κ2) is 5.93. The van der Waals surface area contributed by atoms with Gasteiger partial charge in [0.2, 0.25) is 5.91 Å². The summed E-state index contributed by atoms with van der Waals surface area (Å²) < 4.78 is 4.64. The van der Waals surface area contributed by atoms with Gasteiger partial charge in [0.15, 0.2) is 0 Å². The van der Waals surface area contributed by atoms with E-state index in [-0.39, 0.29) is 23.7 Å². The van der Waals surface area contributed by atoms with E-state index in [2.05, 4.69) is 20.0 Å². The maximum Gasteiger partial charge on any atom is 0.309 e. The number of amides is 1. The molecule has 22 heavy (non-hydrogen) atoms. The fraction of sp³-hybridized carbons (Fsp3) is 0.250. The summed E-state index contributed by atoms with van der Waals surface area (Å²) in [5.74, 6) is -1.06. The van der Waals surface area contributed by atoms with Crippen LogP contribution < -0.4 is 5.32 Å². The molecule has 1 heterocycles. The molecule has 1 aromatic heterocycles. The number of hydrogen-bond acceptors (Lipinski definition) is 5. The summed E-state index contributed by atoms with van der Waals surface area (Å²) in [5, 5.41) is 2.81. The minimum absolute atomic E-state index is 0.150. The Morgan fingerprint density at radius 2 is 1.95 bits per heavy atom. The average Bonchev–Trinajstić information content (AvgIpc) is 3.36. The number of carbonyl (C=O) groups excluding carboxylic acids is 2. The summed E-state index contributed by atoms with van der Waals surface area (Å²) in [5.41, 5.74) is 2.38. The molecule has 0 spiro atoms. The van der Waals surface area contributed by atoms with E-state index in [0.717, 1.165) is 11.3 Å². The van der Waals surface area contributed by atoms with Gasteiger partial charge in [-0.1, -0.05) is 12.1 Å². The first kappa shape index (κ1) is 14.2. The van der Waals surface area contributed by atoms with Crippen molar-refractivity contribution in [2.45, 2.75) is 6.42 Å². The topological polar surface area (TPSA) is 81.2 Å². The lowest BCUT2D eigenvalue weighted by Crippen LogP contribution is -2.17. The van der Waals surface area contributed by atoms with Crippen molar-refractivity contribution in [2.75, 3.05) is 12.4 Å². The number of anilines is 1. The van der Waals surface area contributed by atoms with E-state index < -0.39 is 0 Å². The maximum absolute atomic E-state index is 12.0. The lowest BCUT2D eigenvalue weighted by Gasteiger charge is -2.06. The quantitative estimate of drug-likeness (QED) is 0.872. The summed E-state index contributed by atoms with van der Waals surface area (Å²) in [6.07, 6.45) is 5.48. The summed E-state index contributed by atoms with van der Waals surface area (Å²) in [4.78, 5) is 31.6. The molecule has 2 atom stereocenters. The van der Waals surface area contributed by atoms with Crippen molar-refractivity contribution < 1.29 is 14.3 Å². The number of nitrogens with one attached hydrogen (secondary N) is 1. The van der Waals surface area contributed by atoms with Crippen LogP contribution in [0.1, 0.15) is 6.42 Å². The molecular formula is C16H15N3O3. The first-order valence-corrected chi connectivity index (χ1v) is 6.94. The molecule has 1 fully saturated rings. The Balaban J connectivity index is 1.62.